The van der Waals surface area contributed by atoms with Crippen molar-refractivity contribution < 1.29 is 4.79 Å². The Kier molecular flexibility index (Phi) is 3.70. The lowest BCUT2D eigenvalue weighted by molar-refractivity contribution is 0.0937. The van der Waals surface area contributed by atoms with Crippen molar-refractivity contribution in [2.24, 2.45) is 0 Å². The van der Waals surface area contributed by atoms with Crippen molar-refractivity contribution in [2.75, 3.05) is 11.5 Å². The number of benzene rings is 1. The Labute approximate surface area is 111 Å². The number of amides is 1. The van der Waals surface area contributed by atoms with Crippen LogP contribution >= 0.6 is 0 Å². The minimum absolute atomic E-state index is 0.0237. The summed E-state index contributed by atoms with van der Waals surface area (Å²) in [5.41, 5.74) is 12.8. The number of hydrogen-bond acceptors (Lipinski definition) is 4. The first kappa shape index (κ1) is 12.9. The predicted octanol–water partition coefficient (Wildman–Crippen LogP) is 0.866. The second-order valence-electron chi connectivity index (χ2n) is 4.52. The highest BCUT2D eigenvalue weighted by Gasteiger charge is 2.11. The molecule has 19 heavy (non-hydrogen) atoms. The molecule has 0 aliphatic rings. The van der Waals surface area contributed by atoms with Gasteiger partial charge in [-0.1, -0.05) is 0 Å². The highest BCUT2D eigenvalue weighted by molar-refractivity contribution is 5.96. The normalized spacial score (nSPS) is 12.1. The van der Waals surface area contributed by atoms with Crippen LogP contribution in [0.15, 0.2) is 36.9 Å². The molecule has 6 heteroatoms. The number of nitrogen functional groups attached to an aromatic ring is 2. The van der Waals surface area contributed by atoms with Crippen LogP contribution < -0.4 is 16.8 Å². The summed E-state index contributed by atoms with van der Waals surface area (Å²) in [4.78, 5) is 16.0. The number of nitrogens with two attached hydrogens (primary N) is 2. The molecule has 0 fully saturated rings. The number of hydrogen-bond donors (Lipinski definition) is 3. The van der Waals surface area contributed by atoms with Gasteiger partial charge in [0, 0.05) is 41.9 Å². The number of nitrogens with one attached hydrogen (secondary N) is 1. The molecule has 1 atom stereocenters. The topological polar surface area (TPSA) is 99.0 Å². The number of carbonyl (C=O) groups is 1. The Balaban J connectivity index is 2.00. The highest BCUT2D eigenvalue weighted by atomic mass is 16.1. The first-order valence-electron chi connectivity index (χ1n) is 5.97. The van der Waals surface area contributed by atoms with Gasteiger partial charge in [-0.05, 0) is 25.1 Å². The third-order valence-electron chi connectivity index (χ3n) is 2.66. The number of aromatic nitrogens is 2. The molecule has 0 radical (unpaired) electrons. The number of imidazole rings is 1. The van der Waals surface area contributed by atoms with Crippen LogP contribution in [0.4, 0.5) is 11.4 Å². The molecule has 0 saturated carbocycles. The van der Waals surface area contributed by atoms with Crippen LogP contribution in [0.3, 0.4) is 0 Å². The van der Waals surface area contributed by atoms with Crippen LogP contribution in [-0.2, 0) is 6.54 Å². The van der Waals surface area contributed by atoms with Crippen molar-refractivity contribution in [2.45, 2.75) is 19.5 Å². The van der Waals surface area contributed by atoms with Gasteiger partial charge in [0.25, 0.3) is 5.91 Å². The summed E-state index contributed by atoms with van der Waals surface area (Å²) in [6.07, 6.45) is 5.26. The Hall–Kier alpha value is -2.50. The number of carbonyl (C=O) groups excluding carboxylic acids is 1. The summed E-state index contributed by atoms with van der Waals surface area (Å²) in [5, 5.41) is 2.89. The van der Waals surface area contributed by atoms with Gasteiger partial charge in [-0.25, -0.2) is 4.98 Å². The van der Waals surface area contributed by atoms with Crippen LogP contribution in [0, 0.1) is 0 Å². The monoisotopic (exact) mass is 259 g/mol. The van der Waals surface area contributed by atoms with E-state index in [2.05, 4.69) is 10.3 Å². The molecule has 0 aliphatic carbocycles. The van der Waals surface area contributed by atoms with Crippen LogP contribution in [-0.4, -0.2) is 21.5 Å². The van der Waals surface area contributed by atoms with Gasteiger partial charge in [0.05, 0.1) is 6.33 Å². The first-order chi connectivity index (χ1) is 9.04. The van der Waals surface area contributed by atoms with E-state index in [1.54, 1.807) is 30.7 Å². The molecule has 2 aromatic rings. The maximum atomic E-state index is 12.0. The molecule has 0 spiro atoms. The lowest BCUT2D eigenvalue weighted by atomic mass is 10.1. The fourth-order valence-electron chi connectivity index (χ4n) is 1.87. The zero-order valence-corrected chi connectivity index (χ0v) is 10.7. The van der Waals surface area contributed by atoms with E-state index in [1.807, 2.05) is 17.7 Å². The Morgan fingerprint density at radius 3 is 2.63 bits per heavy atom. The Morgan fingerprint density at radius 2 is 2.05 bits per heavy atom. The van der Waals surface area contributed by atoms with Crippen molar-refractivity contribution in [3.8, 4) is 0 Å². The predicted molar refractivity (Wildman–Crippen MR) is 74.4 cm³/mol. The molecule has 1 heterocycles. The molecule has 5 N–H and O–H groups in total. The minimum atomic E-state index is -0.188. The lowest BCUT2D eigenvalue weighted by Crippen LogP contribution is -2.35. The molecule has 1 aromatic heterocycles. The molecule has 1 amide bonds. The summed E-state index contributed by atoms with van der Waals surface area (Å²) in [5.74, 6) is -0.188. The summed E-state index contributed by atoms with van der Waals surface area (Å²) in [7, 11) is 0. The van der Waals surface area contributed by atoms with E-state index < -0.39 is 0 Å². The third kappa shape index (κ3) is 3.48. The van der Waals surface area contributed by atoms with E-state index in [0.29, 0.717) is 23.5 Å². The first-order valence-corrected chi connectivity index (χ1v) is 5.97. The van der Waals surface area contributed by atoms with Crippen molar-refractivity contribution in [3.05, 3.63) is 42.5 Å². The number of rotatable bonds is 4. The quantitative estimate of drug-likeness (QED) is 0.709. The largest absolute Gasteiger partial charge is 0.399 e. The van der Waals surface area contributed by atoms with E-state index in [-0.39, 0.29) is 11.9 Å². The van der Waals surface area contributed by atoms with Gasteiger partial charge in [-0.2, -0.15) is 0 Å². The molecule has 2 rings (SSSR count). The fraction of sp³-hybridized carbons (Fsp3) is 0.231. The van der Waals surface area contributed by atoms with Crippen molar-refractivity contribution in [3.63, 3.8) is 0 Å². The Bertz CT molecular complexity index is 544. The van der Waals surface area contributed by atoms with Gasteiger partial charge in [-0.15, -0.1) is 0 Å². The van der Waals surface area contributed by atoms with E-state index in [4.69, 9.17) is 11.5 Å². The van der Waals surface area contributed by atoms with Crippen molar-refractivity contribution >= 4 is 17.3 Å². The zero-order valence-electron chi connectivity index (χ0n) is 10.7. The van der Waals surface area contributed by atoms with Crippen LogP contribution in [0.5, 0.6) is 0 Å². The van der Waals surface area contributed by atoms with Crippen molar-refractivity contribution in [1.82, 2.24) is 14.9 Å². The van der Waals surface area contributed by atoms with E-state index in [9.17, 15) is 4.79 Å². The number of anilines is 2. The van der Waals surface area contributed by atoms with Gasteiger partial charge < -0.3 is 21.4 Å². The lowest BCUT2D eigenvalue weighted by Gasteiger charge is -2.14. The standard InChI is InChI=1S/C13H17N5O/c1-9(7-18-3-2-16-8-18)17-13(19)10-4-11(14)6-12(15)5-10/h2-6,8-9H,7,14-15H2,1H3,(H,17,19). The fourth-order valence-corrected chi connectivity index (χ4v) is 1.87. The average molecular weight is 259 g/mol. The minimum Gasteiger partial charge on any atom is -0.399 e. The zero-order chi connectivity index (χ0) is 13.8. The molecule has 100 valence electrons. The van der Waals surface area contributed by atoms with Gasteiger partial charge in [0.15, 0.2) is 0 Å². The molecule has 6 nitrogen and oxygen atoms in total. The summed E-state index contributed by atoms with van der Waals surface area (Å²) in [6, 6.07) is 4.81. The van der Waals surface area contributed by atoms with Gasteiger partial charge >= 0.3 is 0 Å². The van der Waals surface area contributed by atoms with Crippen molar-refractivity contribution in [1.29, 1.82) is 0 Å². The molecule has 0 aliphatic heterocycles. The summed E-state index contributed by atoms with van der Waals surface area (Å²) >= 11 is 0. The van der Waals surface area contributed by atoms with Crippen LogP contribution in [0.2, 0.25) is 0 Å². The molecule has 0 saturated heterocycles. The van der Waals surface area contributed by atoms with Crippen LogP contribution in [0.1, 0.15) is 17.3 Å². The maximum absolute atomic E-state index is 12.0. The SMILES string of the molecule is CC(Cn1ccnc1)NC(=O)c1cc(N)cc(N)c1. The van der Waals surface area contributed by atoms with Gasteiger partial charge in [0.1, 0.15) is 0 Å². The van der Waals surface area contributed by atoms with E-state index >= 15 is 0 Å². The summed E-state index contributed by atoms with van der Waals surface area (Å²) < 4.78 is 1.90. The second-order valence-corrected chi connectivity index (χ2v) is 4.52. The van der Waals surface area contributed by atoms with E-state index in [0.717, 1.165) is 0 Å². The molecule has 1 aromatic carbocycles. The number of nitrogens with zero attached hydrogens (tertiary/aromatic N) is 2. The smallest absolute Gasteiger partial charge is 0.251 e. The van der Waals surface area contributed by atoms with Gasteiger partial charge in [0.2, 0.25) is 0 Å². The third-order valence-corrected chi connectivity index (χ3v) is 2.66. The molecular weight excluding hydrogens is 242 g/mol. The maximum Gasteiger partial charge on any atom is 0.251 e. The van der Waals surface area contributed by atoms with E-state index in [1.165, 1.54) is 0 Å². The average Bonchev–Trinajstić information content (AvgIpc) is 2.80. The summed E-state index contributed by atoms with van der Waals surface area (Å²) in [6.45, 7) is 2.58. The second kappa shape index (κ2) is 5.43. The molecule has 1 unspecified atom stereocenters. The van der Waals surface area contributed by atoms with Crippen LogP contribution in [0.25, 0.3) is 0 Å². The van der Waals surface area contributed by atoms with Gasteiger partial charge in [-0.3, -0.25) is 4.79 Å². The molecule has 0 bridgehead atoms. The Morgan fingerprint density at radius 1 is 1.37 bits per heavy atom. The molecular formula is C13H17N5O. The highest BCUT2D eigenvalue weighted by Crippen LogP contribution is 2.13.